The van der Waals surface area contributed by atoms with Gasteiger partial charge in [-0.3, -0.25) is 9.36 Å². The van der Waals surface area contributed by atoms with E-state index in [2.05, 4.69) is 4.98 Å². The molecule has 1 atom stereocenters. The van der Waals surface area contributed by atoms with Crippen molar-refractivity contribution in [3.8, 4) is 0 Å². The van der Waals surface area contributed by atoms with Gasteiger partial charge in [0.1, 0.15) is 0 Å². The Bertz CT molecular complexity index is 573. The Labute approximate surface area is 93.2 Å². The van der Waals surface area contributed by atoms with E-state index in [0.717, 1.165) is 11.1 Å². The van der Waals surface area contributed by atoms with E-state index in [1.54, 1.807) is 13.0 Å². The van der Waals surface area contributed by atoms with Crippen molar-refractivity contribution >= 4 is 10.9 Å². The molecule has 1 aromatic heterocycles. The summed E-state index contributed by atoms with van der Waals surface area (Å²) in [5.41, 5.74) is 1.61. The number of hydrogen-bond acceptors (Lipinski definition) is 3. The second kappa shape index (κ2) is 4.06. The van der Waals surface area contributed by atoms with E-state index in [0.29, 0.717) is 5.39 Å². The summed E-state index contributed by atoms with van der Waals surface area (Å²) in [5.74, 6) is 0. The second-order valence-electron chi connectivity index (χ2n) is 4.02. The van der Waals surface area contributed by atoms with Gasteiger partial charge in [-0.25, -0.2) is 4.98 Å². The first-order valence-electron chi connectivity index (χ1n) is 5.22. The largest absolute Gasteiger partial charge is 0.392 e. The Morgan fingerprint density at radius 2 is 2.25 bits per heavy atom. The summed E-state index contributed by atoms with van der Waals surface area (Å²) in [6, 6.07) is 5.53. The zero-order valence-corrected chi connectivity index (χ0v) is 9.34. The summed E-state index contributed by atoms with van der Waals surface area (Å²) in [6.07, 6.45) is 0.937. The number of hydrogen-bond donors (Lipinski definition) is 1. The van der Waals surface area contributed by atoms with E-state index in [1.807, 2.05) is 19.1 Å². The lowest BCUT2D eigenvalue weighted by molar-refractivity contribution is 0.172. The van der Waals surface area contributed by atoms with Crippen molar-refractivity contribution in [1.82, 2.24) is 9.55 Å². The molecule has 1 heterocycles. The third kappa shape index (κ3) is 1.84. The van der Waals surface area contributed by atoms with Crippen molar-refractivity contribution in [2.45, 2.75) is 26.5 Å². The van der Waals surface area contributed by atoms with Gasteiger partial charge in [-0.1, -0.05) is 12.1 Å². The van der Waals surface area contributed by atoms with Gasteiger partial charge < -0.3 is 5.11 Å². The van der Waals surface area contributed by atoms with Crippen LogP contribution in [0.3, 0.4) is 0 Å². The molecule has 0 saturated carbocycles. The van der Waals surface area contributed by atoms with Crippen molar-refractivity contribution in [2.75, 3.05) is 0 Å². The lowest BCUT2D eigenvalue weighted by atomic mass is 10.1. The molecule has 1 unspecified atom stereocenters. The quantitative estimate of drug-likeness (QED) is 0.820. The van der Waals surface area contributed by atoms with Crippen molar-refractivity contribution in [1.29, 1.82) is 0 Å². The molecule has 0 aliphatic rings. The van der Waals surface area contributed by atoms with Crippen molar-refractivity contribution < 1.29 is 5.11 Å². The summed E-state index contributed by atoms with van der Waals surface area (Å²) in [5, 5.41) is 9.87. The minimum Gasteiger partial charge on any atom is -0.392 e. The van der Waals surface area contributed by atoms with Crippen LogP contribution in [-0.2, 0) is 6.54 Å². The van der Waals surface area contributed by atoms with Gasteiger partial charge in [-0.05, 0) is 25.5 Å². The fraction of sp³-hybridized carbons (Fsp3) is 0.333. The molecule has 0 radical (unpaired) electrons. The molecule has 84 valence electrons. The van der Waals surface area contributed by atoms with E-state index in [9.17, 15) is 9.90 Å². The van der Waals surface area contributed by atoms with E-state index >= 15 is 0 Å². The van der Waals surface area contributed by atoms with Crippen LogP contribution < -0.4 is 5.56 Å². The number of rotatable bonds is 2. The molecular weight excluding hydrogens is 204 g/mol. The highest BCUT2D eigenvalue weighted by Crippen LogP contribution is 2.11. The van der Waals surface area contributed by atoms with Crippen LogP contribution in [0.4, 0.5) is 0 Å². The molecule has 1 aromatic carbocycles. The number of benzene rings is 1. The van der Waals surface area contributed by atoms with Crippen molar-refractivity contribution in [2.24, 2.45) is 0 Å². The minimum absolute atomic E-state index is 0.102. The predicted molar refractivity (Wildman–Crippen MR) is 62.4 cm³/mol. The zero-order valence-electron chi connectivity index (χ0n) is 9.34. The number of aliphatic hydroxyl groups is 1. The summed E-state index contributed by atoms with van der Waals surface area (Å²) >= 11 is 0. The molecule has 2 rings (SSSR count). The number of para-hydroxylation sites is 1. The Balaban J connectivity index is 2.66. The summed E-state index contributed by atoms with van der Waals surface area (Å²) in [7, 11) is 0. The highest BCUT2D eigenvalue weighted by Gasteiger charge is 2.06. The van der Waals surface area contributed by atoms with Gasteiger partial charge in [0.25, 0.3) is 5.56 Å². The smallest absolute Gasteiger partial charge is 0.261 e. The van der Waals surface area contributed by atoms with Gasteiger partial charge in [0.2, 0.25) is 0 Å². The van der Waals surface area contributed by atoms with Crippen LogP contribution >= 0.6 is 0 Å². The molecule has 0 spiro atoms. The van der Waals surface area contributed by atoms with E-state index in [-0.39, 0.29) is 12.1 Å². The minimum atomic E-state index is -0.554. The first kappa shape index (κ1) is 10.8. The van der Waals surface area contributed by atoms with Crippen LogP contribution in [0.1, 0.15) is 12.5 Å². The molecule has 0 aliphatic carbocycles. The van der Waals surface area contributed by atoms with Gasteiger partial charge in [0.05, 0.1) is 29.9 Å². The fourth-order valence-corrected chi connectivity index (χ4v) is 1.75. The summed E-state index contributed by atoms with van der Waals surface area (Å²) in [4.78, 5) is 16.3. The normalized spacial score (nSPS) is 12.9. The van der Waals surface area contributed by atoms with Gasteiger partial charge in [0, 0.05) is 0 Å². The molecule has 0 aliphatic heterocycles. The van der Waals surface area contributed by atoms with Crippen LogP contribution in [0.15, 0.2) is 29.3 Å². The Morgan fingerprint density at radius 1 is 1.50 bits per heavy atom. The Kier molecular flexibility index (Phi) is 2.75. The molecule has 1 N–H and O–H groups in total. The van der Waals surface area contributed by atoms with Crippen LogP contribution in [0.25, 0.3) is 10.9 Å². The molecule has 2 aromatic rings. The molecule has 0 amide bonds. The molecule has 0 bridgehead atoms. The average molecular weight is 218 g/mol. The number of fused-ring (bicyclic) bond motifs is 1. The average Bonchev–Trinajstić information content (AvgIpc) is 2.23. The van der Waals surface area contributed by atoms with E-state index in [1.165, 1.54) is 10.9 Å². The first-order chi connectivity index (χ1) is 7.59. The Morgan fingerprint density at radius 3 is 2.94 bits per heavy atom. The van der Waals surface area contributed by atoms with E-state index < -0.39 is 6.10 Å². The maximum Gasteiger partial charge on any atom is 0.261 e. The zero-order chi connectivity index (χ0) is 11.7. The van der Waals surface area contributed by atoms with Crippen LogP contribution in [-0.4, -0.2) is 20.8 Å². The van der Waals surface area contributed by atoms with Gasteiger partial charge in [-0.15, -0.1) is 0 Å². The van der Waals surface area contributed by atoms with Gasteiger partial charge in [-0.2, -0.15) is 0 Å². The SMILES string of the molecule is Cc1cccc2c(=O)n(CC(C)O)cnc12. The Hall–Kier alpha value is -1.68. The summed E-state index contributed by atoms with van der Waals surface area (Å²) < 4.78 is 1.44. The second-order valence-corrected chi connectivity index (χ2v) is 4.02. The highest BCUT2D eigenvalue weighted by atomic mass is 16.3. The van der Waals surface area contributed by atoms with Crippen molar-refractivity contribution in [3.63, 3.8) is 0 Å². The highest BCUT2D eigenvalue weighted by molar-refractivity contribution is 5.80. The van der Waals surface area contributed by atoms with Gasteiger partial charge in [0.15, 0.2) is 0 Å². The maximum absolute atomic E-state index is 12.0. The lowest BCUT2D eigenvalue weighted by Crippen LogP contribution is -2.25. The monoisotopic (exact) mass is 218 g/mol. The molecule has 4 nitrogen and oxygen atoms in total. The number of aliphatic hydroxyl groups excluding tert-OH is 1. The fourth-order valence-electron chi connectivity index (χ4n) is 1.75. The third-order valence-electron chi connectivity index (χ3n) is 2.52. The molecule has 0 fully saturated rings. The first-order valence-corrected chi connectivity index (χ1v) is 5.22. The van der Waals surface area contributed by atoms with Crippen molar-refractivity contribution in [3.05, 3.63) is 40.4 Å². The molecule has 4 heteroatoms. The molecular formula is C12H14N2O2. The van der Waals surface area contributed by atoms with Crippen LogP contribution in [0, 0.1) is 6.92 Å². The standard InChI is InChI=1S/C12H14N2O2/c1-8-4-3-5-10-11(8)13-7-14(12(10)16)6-9(2)15/h3-5,7,9,15H,6H2,1-2H3. The topological polar surface area (TPSA) is 55.1 Å². The van der Waals surface area contributed by atoms with Gasteiger partial charge >= 0.3 is 0 Å². The number of nitrogens with zero attached hydrogens (tertiary/aromatic N) is 2. The summed E-state index contributed by atoms with van der Waals surface area (Å²) in [6.45, 7) is 3.84. The number of aromatic nitrogens is 2. The number of aryl methyl sites for hydroxylation is 1. The lowest BCUT2D eigenvalue weighted by Gasteiger charge is -2.09. The maximum atomic E-state index is 12.0. The molecule has 0 saturated heterocycles. The van der Waals surface area contributed by atoms with Crippen LogP contribution in [0.5, 0.6) is 0 Å². The van der Waals surface area contributed by atoms with E-state index in [4.69, 9.17) is 0 Å². The third-order valence-corrected chi connectivity index (χ3v) is 2.52. The molecule has 16 heavy (non-hydrogen) atoms. The van der Waals surface area contributed by atoms with Crippen LogP contribution in [0.2, 0.25) is 0 Å². The predicted octanol–water partition coefficient (Wildman–Crippen LogP) is 1.09.